The van der Waals surface area contributed by atoms with Crippen LogP contribution >= 0.6 is 11.8 Å². The summed E-state index contributed by atoms with van der Waals surface area (Å²) in [5, 5.41) is 3.01. The van der Waals surface area contributed by atoms with E-state index in [0.717, 1.165) is 36.1 Å². The number of imide groups is 1. The summed E-state index contributed by atoms with van der Waals surface area (Å²) in [6, 6.07) is 3.69. The molecule has 0 radical (unpaired) electrons. The van der Waals surface area contributed by atoms with Crippen molar-refractivity contribution < 1.29 is 9.59 Å². The van der Waals surface area contributed by atoms with Crippen LogP contribution in [0.4, 0.5) is 10.6 Å². The average molecular weight is 265 g/mol. The molecule has 0 unspecified atom stereocenters. The Morgan fingerprint density at radius 1 is 1.50 bits per heavy atom. The van der Waals surface area contributed by atoms with Crippen molar-refractivity contribution in [2.24, 2.45) is 0 Å². The Bertz CT molecular complexity index is 448. The van der Waals surface area contributed by atoms with E-state index in [-0.39, 0.29) is 16.9 Å². The fourth-order valence-corrected chi connectivity index (χ4v) is 2.36. The van der Waals surface area contributed by atoms with Crippen molar-refractivity contribution in [1.82, 2.24) is 9.88 Å². The number of hydrogen-bond donors (Lipinski definition) is 1. The monoisotopic (exact) mass is 265 g/mol. The van der Waals surface area contributed by atoms with E-state index in [2.05, 4.69) is 17.2 Å². The number of carbonyl (C=O) groups excluding carboxylic acids is 2. The van der Waals surface area contributed by atoms with Crippen LogP contribution in [0, 0.1) is 0 Å². The van der Waals surface area contributed by atoms with Gasteiger partial charge in [0, 0.05) is 12.7 Å². The average Bonchev–Trinajstić information content (AvgIpc) is 2.69. The second-order valence-corrected chi connectivity index (χ2v) is 4.94. The normalized spacial score (nSPS) is 15.3. The molecule has 1 saturated heterocycles. The van der Waals surface area contributed by atoms with E-state index in [0.29, 0.717) is 6.54 Å². The lowest BCUT2D eigenvalue weighted by Crippen LogP contribution is -2.27. The van der Waals surface area contributed by atoms with E-state index in [1.54, 1.807) is 6.20 Å². The van der Waals surface area contributed by atoms with Crippen LogP contribution in [-0.4, -0.2) is 33.3 Å². The van der Waals surface area contributed by atoms with Crippen LogP contribution in [0.15, 0.2) is 18.3 Å². The Morgan fingerprint density at radius 2 is 2.33 bits per heavy atom. The van der Waals surface area contributed by atoms with Crippen molar-refractivity contribution in [3.8, 4) is 0 Å². The third-order valence-corrected chi connectivity index (χ3v) is 3.42. The lowest BCUT2D eigenvalue weighted by molar-refractivity contribution is -0.125. The fraction of sp³-hybridized carbons (Fsp3) is 0.417. The van der Waals surface area contributed by atoms with Crippen LogP contribution in [0.1, 0.15) is 18.9 Å². The molecule has 6 heteroatoms. The topological polar surface area (TPSA) is 62.3 Å². The number of anilines is 1. The van der Waals surface area contributed by atoms with Gasteiger partial charge in [0.15, 0.2) is 0 Å². The molecule has 5 nitrogen and oxygen atoms in total. The summed E-state index contributed by atoms with van der Waals surface area (Å²) in [5.74, 6) is 0.913. The van der Waals surface area contributed by atoms with Gasteiger partial charge in [0.05, 0.1) is 12.3 Å². The number of thioether (sulfide) groups is 1. The second kappa shape index (κ2) is 5.86. The largest absolute Gasteiger partial charge is 0.370 e. The van der Waals surface area contributed by atoms with Gasteiger partial charge in [0.2, 0.25) is 5.91 Å². The highest BCUT2D eigenvalue weighted by Crippen LogP contribution is 2.21. The van der Waals surface area contributed by atoms with Crippen molar-refractivity contribution in [2.75, 3.05) is 17.6 Å². The number of nitrogens with zero attached hydrogens (tertiary/aromatic N) is 2. The van der Waals surface area contributed by atoms with Crippen molar-refractivity contribution in [3.63, 3.8) is 0 Å². The first kappa shape index (κ1) is 12.9. The molecule has 1 aromatic heterocycles. The Hall–Kier alpha value is -1.56. The minimum absolute atomic E-state index is 0.120. The Labute approximate surface area is 110 Å². The van der Waals surface area contributed by atoms with Crippen LogP contribution in [0.5, 0.6) is 0 Å². The van der Waals surface area contributed by atoms with E-state index >= 15 is 0 Å². The number of hydrogen-bond acceptors (Lipinski definition) is 5. The minimum atomic E-state index is -0.167. The first-order chi connectivity index (χ1) is 8.70. The molecule has 2 rings (SSSR count). The Kier molecular flexibility index (Phi) is 4.19. The van der Waals surface area contributed by atoms with Crippen LogP contribution < -0.4 is 5.32 Å². The highest BCUT2D eigenvalue weighted by molar-refractivity contribution is 8.14. The number of aromatic nitrogens is 1. The predicted molar refractivity (Wildman–Crippen MR) is 71.4 cm³/mol. The molecule has 1 aliphatic heterocycles. The third-order valence-electron chi connectivity index (χ3n) is 2.56. The van der Waals surface area contributed by atoms with Crippen molar-refractivity contribution in [2.45, 2.75) is 19.9 Å². The van der Waals surface area contributed by atoms with Gasteiger partial charge in [0.1, 0.15) is 5.82 Å². The molecule has 0 atom stereocenters. The summed E-state index contributed by atoms with van der Waals surface area (Å²) in [6.07, 6.45) is 2.71. The molecule has 1 aromatic rings. The third kappa shape index (κ3) is 3.01. The SMILES string of the molecule is CCCNc1cc(CN2C(=O)CSC2=O)ccn1. The number of amides is 2. The zero-order valence-corrected chi connectivity index (χ0v) is 11.0. The molecule has 1 N–H and O–H groups in total. The lowest BCUT2D eigenvalue weighted by atomic mass is 10.2. The van der Waals surface area contributed by atoms with E-state index in [4.69, 9.17) is 0 Å². The predicted octanol–water partition coefficient (Wildman–Crippen LogP) is 2.10. The molecular formula is C12H15N3O2S. The zero-order chi connectivity index (χ0) is 13.0. The molecule has 0 aliphatic carbocycles. The van der Waals surface area contributed by atoms with Crippen LogP contribution in [0.25, 0.3) is 0 Å². The molecule has 0 spiro atoms. The molecule has 2 amide bonds. The second-order valence-electron chi connectivity index (χ2n) is 4.01. The fourth-order valence-electron chi connectivity index (χ4n) is 1.64. The number of nitrogens with one attached hydrogen (secondary N) is 1. The van der Waals surface area contributed by atoms with Crippen molar-refractivity contribution in [3.05, 3.63) is 23.9 Å². The highest BCUT2D eigenvalue weighted by atomic mass is 32.2. The van der Waals surface area contributed by atoms with Crippen LogP contribution in [-0.2, 0) is 11.3 Å². The van der Waals surface area contributed by atoms with Gasteiger partial charge in [0.25, 0.3) is 5.24 Å². The maximum atomic E-state index is 11.5. The first-order valence-electron chi connectivity index (χ1n) is 5.86. The van der Waals surface area contributed by atoms with Crippen LogP contribution in [0.2, 0.25) is 0 Å². The summed E-state index contributed by atoms with van der Waals surface area (Å²) in [4.78, 5) is 28.4. The quantitative estimate of drug-likeness (QED) is 0.883. The lowest BCUT2D eigenvalue weighted by Gasteiger charge is -2.13. The molecule has 2 heterocycles. The van der Waals surface area contributed by atoms with Crippen LogP contribution in [0.3, 0.4) is 0 Å². The number of carbonyl (C=O) groups is 2. The van der Waals surface area contributed by atoms with Gasteiger partial charge in [-0.2, -0.15) is 0 Å². The van der Waals surface area contributed by atoms with Gasteiger partial charge in [-0.3, -0.25) is 14.5 Å². The summed E-state index contributed by atoms with van der Waals surface area (Å²) < 4.78 is 0. The number of rotatable bonds is 5. The molecule has 96 valence electrons. The smallest absolute Gasteiger partial charge is 0.289 e. The first-order valence-corrected chi connectivity index (χ1v) is 6.85. The zero-order valence-electron chi connectivity index (χ0n) is 10.2. The van der Waals surface area contributed by atoms with Crippen molar-refractivity contribution in [1.29, 1.82) is 0 Å². The van der Waals surface area contributed by atoms with Gasteiger partial charge >= 0.3 is 0 Å². The molecule has 1 aliphatic rings. The summed E-state index contributed by atoms with van der Waals surface area (Å²) in [5.41, 5.74) is 0.910. The number of pyridine rings is 1. The van der Waals surface area contributed by atoms with Gasteiger partial charge < -0.3 is 5.32 Å². The van der Waals surface area contributed by atoms with Crippen molar-refractivity contribution >= 4 is 28.7 Å². The molecule has 1 fully saturated rings. The molecule has 0 aromatic carbocycles. The summed E-state index contributed by atoms with van der Waals surface area (Å²) in [6.45, 7) is 3.26. The Balaban J connectivity index is 2.04. The van der Waals surface area contributed by atoms with Gasteiger partial charge in [-0.15, -0.1) is 0 Å². The maximum Gasteiger partial charge on any atom is 0.289 e. The van der Waals surface area contributed by atoms with E-state index in [9.17, 15) is 9.59 Å². The maximum absolute atomic E-state index is 11.5. The molecular weight excluding hydrogens is 250 g/mol. The van der Waals surface area contributed by atoms with E-state index in [1.807, 2.05) is 12.1 Å². The van der Waals surface area contributed by atoms with Gasteiger partial charge in [-0.25, -0.2) is 4.98 Å². The van der Waals surface area contributed by atoms with E-state index < -0.39 is 0 Å². The molecule has 0 bridgehead atoms. The highest BCUT2D eigenvalue weighted by Gasteiger charge is 2.29. The molecule has 0 saturated carbocycles. The molecule has 18 heavy (non-hydrogen) atoms. The summed E-state index contributed by atoms with van der Waals surface area (Å²) >= 11 is 1.06. The minimum Gasteiger partial charge on any atom is -0.370 e. The summed E-state index contributed by atoms with van der Waals surface area (Å²) in [7, 11) is 0. The van der Waals surface area contributed by atoms with Gasteiger partial charge in [-0.1, -0.05) is 18.7 Å². The van der Waals surface area contributed by atoms with E-state index in [1.165, 1.54) is 4.90 Å². The standard InChI is InChI=1S/C12H15N3O2S/c1-2-4-13-10-6-9(3-5-14-10)7-15-11(16)8-18-12(15)17/h3,5-6H,2,4,7-8H2,1H3,(H,13,14). The van der Waals surface area contributed by atoms with Gasteiger partial charge in [-0.05, 0) is 24.1 Å². The Morgan fingerprint density at radius 3 is 3.00 bits per heavy atom.